The maximum atomic E-state index is 12.0. The molecule has 0 amide bonds. The lowest BCUT2D eigenvalue weighted by Gasteiger charge is -2.07. The SMILES string of the molecule is CSCCCCCNS(=O)(=O)c1cccnc1C#N. The van der Waals surface area contributed by atoms with Gasteiger partial charge in [0.05, 0.1) is 0 Å². The number of aromatic nitrogens is 1. The van der Waals surface area contributed by atoms with E-state index in [0.717, 1.165) is 25.0 Å². The first kappa shape index (κ1) is 16.0. The summed E-state index contributed by atoms with van der Waals surface area (Å²) in [5.74, 6) is 1.09. The Labute approximate surface area is 118 Å². The van der Waals surface area contributed by atoms with E-state index in [9.17, 15) is 8.42 Å². The van der Waals surface area contributed by atoms with E-state index in [1.807, 2.05) is 0 Å². The molecule has 0 saturated heterocycles. The van der Waals surface area contributed by atoms with Crippen LogP contribution in [-0.4, -0.2) is 32.0 Å². The van der Waals surface area contributed by atoms with Crippen molar-refractivity contribution in [2.75, 3.05) is 18.6 Å². The highest BCUT2D eigenvalue weighted by atomic mass is 32.2. The van der Waals surface area contributed by atoms with Gasteiger partial charge in [-0.3, -0.25) is 0 Å². The third kappa shape index (κ3) is 5.19. The Morgan fingerprint density at radius 3 is 2.89 bits per heavy atom. The Bertz CT molecular complexity index is 538. The molecule has 0 radical (unpaired) electrons. The Morgan fingerprint density at radius 1 is 1.42 bits per heavy atom. The minimum absolute atomic E-state index is 0.0541. The molecular formula is C12H17N3O2S2. The van der Waals surface area contributed by atoms with E-state index < -0.39 is 10.0 Å². The van der Waals surface area contributed by atoms with E-state index in [-0.39, 0.29) is 10.6 Å². The number of hydrogen-bond donors (Lipinski definition) is 1. The Morgan fingerprint density at radius 2 is 2.21 bits per heavy atom. The molecule has 1 rings (SSSR count). The maximum absolute atomic E-state index is 12.0. The Balaban J connectivity index is 2.55. The molecule has 0 aromatic carbocycles. The average molecular weight is 299 g/mol. The number of sulfonamides is 1. The van der Waals surface area contributed by atoms with Crippen LogP contribution in [0.15, 0.2) is 23.2 Å². The molecule has 1 N–H and O–H groups in total. The number of unbranched alkanes of at least 4 members (excludes halogenated alkanes) is 2. The molecule has 104 valence electrons. The van der Waals surface area contributed by atoms with Gasteiger partial charge in [-0.05, 0) is 37.0 Å². The predicted molar refractivity (Wildman–Crippen MR) is 76.4 cm³/mol. The molecule has 19 heavy (non-hydrogen) atoms. The summed E-state index contributed by atoms with van der Waals surface area (Å²) in [6.07, 6.45) is 6.32. The fourth-order valence-electron chi connectivity index (χ4n) is 1.52. The quantitative estimate of drug-likeness (QED) is 0.740. The fraction of sp³-hybridized carbons (Fsp3) is 0.500. The van der Waals surface area contributed by atoms with Crippen molar-refractivity contribution < 1.29 is 8.42 Å². The van der Waals surface area contributed by atoms with Crippen LogP contribution in [0.2, 0.25) is 0 Å². The largest absolute Gasteiger partial charge is 0.244 e. The Hall–Kier alpha value is -1.10. The number of pyridine rings is 1. The highest BCUT2D eigenvalue weighted by molar-refractivity contribution is 7.98. The first-order valence-electron chi connectivity index (χ1n) is 5.95. The van der Waals surface area contributed by atoms with Gasteiger partial charge in [-0.1, -0.05) is 6.42 Å². The summed E-state index contributed by atoms with van der Waals surface area (Å²) in [6, 6.07) is 4.69. The minimum Gasteiger partial charge on any atom is -0.244 e. The molecule has 0 aliphatic heterocycles. The van der Waals surface area contributed by atoms with Crippen LogP contribution in [0.25, 0.3) is 0 Å². The van der Waals surface area contributed by atoms with E-state index in [1.165, 1.54) is 18.3 Å². The van der Waals surface area contributed by atoms with Crippen molar-refractivity contribution in [3.63, 3.8) is 0 Å². The van der Waals surface area contributed by atoms with Crippen LogP contribution in [0.5, 0.6) is 0 Å². The molecular weight excluding hydrogens is 282 g/mol. The topological polar surface area (TPSA) is 82.8 Å². The van der Waals surface area contributed by atoms with E-state index in [2.05, 4.69) is 16.0 Å². The lowest BCUT2D eigenvalue weighted by atomic mass is 10.2. The number of thioether (sulfide) groups is 1. The minimum atomic E-state index is -3.64. The van der Waals surface area contributed by atoms with Crippen molar-refractivity contribution in [3.05, 3.63) is 24.0 Å². The summed E-state index contributed by atoms with van der Waals surface area (Å²) >= 11 is 1.78. The predicted octanol–water partition coefficient (Wildman–Crippen LogP) is 1.76. The van der Waals surface area contributed by atoms with Crippen LogP contribution >= 0.6 is 11.8 Å². The first-order chi connectivity index (χ1) is 9.11. The normalized spacial score (nSPS) is 11.2. The van der Waals surface area contributed by atoms with Crippen molar-refractivity contribution in [2.24, 2.45) is 0 Å². The molecule has 7 heteroatoms. The zero-order valence-corrected chi connectivity index (χ0v) is 12.4. The lowest BCUT2D eigenvalue weighted by Crippen LogP contribution is -2.25. The molecule has 0 aliphatic rings. The molecule has 0 spiro atoms. The summed E-state index contributed by atoms with van der Waals surface area (Å²) in [5.41, 5.74) is -0.0719. The number of rotatable bonds is 8. The summed E-state index contributed by atoms with van der Waals surface area (Å²) in [4.78, 5) is 3.70. The standard InChI is InChI=1S/C12H17N3O2S2/c1-18-9-4-2-3-8-15-19(16,17)12-6-5-7-14-11(12)10-13/h5-7,15H,2-4,8-9H2,1H3. The van der Waals surface area contributed by atoms with E-state index in [0.29, 0.717) is 6.54 Å². The molecule has 0 aliphatic carbocycles. The second-order valence-corrected chi connectivity index (χ2v) is 6.63. The Kier molecular flexibility index (Phi) is 6.84. The molecule has 1 heterocycles. The van der Waals surface area contributed by atoms with E-state index in [4.69, 9.17) is 5.26 Å². The van der Waals surface area contributed by atoms with Gasteiger partial charge in [-0.2, -0.15) is 17.0 Å². The van der Waals surface area contributed by atoms with Gasteiger partial charge in [0.2, 0.25) is 10.0 Å². The molecule has 0 atom stereocenters. The van der Waals surface area contributed by atoms with Crippen molar-refractivity contribution >= 4 is 21.8 Å². The monoisotopic (exact) mass is 299 g/mol. The van der Waals surface area contributed by atoms with Gasteiger partial charge in [0, 0.05) is 12.7 Å². The molecule has 0 unspecified atom stereocenters. The smallest absolute Gasteiger partial charge is 0.243 e. The summed E-state index contributed by atoms with van der Waals surface area (Å²) in [5, 5.41) is 8.84. The number of nitrogens with one attached hydrogen (secondary N) is 1. The summed E-state index contributed by atoms with van der Waals surface area (Å²) in [6.45, 7) is 0.385. The molecule has 1 aromatic heterocycles. The number of nitriles is 1. The van der Waals surface area contributed by atoms with Crippen LogP contribution in [-0.2, 0) is 10.0 Å². The van der Waals surface area contributed by atoms with Crippen molar-refractivity contribution in [2.45, 2.75) is 24.2 Å². The maximum Gasteiger partial charge on any atom is 0.243 e. The van der Waals surface area contributed by atoms with Crippen LogP contribution in [0.1, 0.15) is 25.0 Å². The molecule has 0 fully saturated rings. The molecule has 0 bridgehead atoms. The second-order valence-electron chi connectivity index (χ2n) is 3.91. The van der Waals surface area contributed by atoms with Crippen LogP contribution in [0, 0.1) is 11.3 Å². The second kappa shape index (κ2) is 8.15. The van der Waals surface area contributed by atoms with E-state index >= 15 is 0 Å². The van der Waals surface area contributed by atoms with Gasteiger partial charge in [-0.15, -0.1) is 0 Å². The van der Waals surface area contributed by atoms with Gasteiger partial charge < -0.3 is 0 Å². The molecule has 5 nitrogen and oxygen atoms in total. The van der Waals surface area contributed by atoms with Crippen LogP contribution in [0.3, 0.4) is 0 Å². The third-order valence-corrected chi connectivity index (χ3v) is 4.67. The van der Waals surface area contributed by atoms with Crippen LogP contribution in [0.4, 0.5) is 0 Å². The highest BCUT2D eigenvalue weighted by Gasteiger charge is 2.18. The van der Waals surface area contributed by atoms with Crippen molar-refractivity contribution in [3.8, 4) is 6.07 Å². The van der Waals surface area contributed by atoms with Crippen molar-refractivity contribution in [1.82, 2.24) is 9.71 Å². The lowest BCUT2D eigenvalue weighted by molar-refractivity contribution is 0.575. The summed E-state index contributed by atoms with van der Waals surface area (Å²) in [7, 11) is -3.64. The van der Waals surface area contributed by atoms with Crippen molar-refractivity contribution in [1.29, 1.82) is 5.26 Å². The van der Waals surface area contributed by atoms with Gasteiger partial charge in [0.25, 0.3) is 0 Å². The molecule has 0 saturated carbocycles. The third-order valence-electron chi connectivity index (χ3n) is 2.48. The first-order valence-corrected chi connectivity index (χ1v) is 8.83. The van der Waals surface area contributed by atoms with Gasteiger partial charge >= 0.3 is 0 Å². The summed E-state index contributed by atoms with van der Waals surface area (Å²) < 4.78 is 26.5. The number of nitrogens with zero attached hydrogens (tertiary/aromatic N) is 2. The van der Waals surface area contributed by atoms with Crippen LogP contribution < -0.4 is 4.72 Å². The van der Waals surface area contributed by atoms with Gasteiger partial charge in [-0.25, -0.2) is 18.1 Å². The average Bonchev–Trinajstić information content (AvgIpc) is 2.42. The van der Waals surface area contributed by atoms with Gasteiger partial charge in [0.15, 0.2) is 5.69 Å². The zero-order chi connectivity index (χ0) is 14.1. The fourth-order valence-corrected chi connectivity index (χ4v) is 3.20. The molecule has 1 aromatic rings. The van der Waals surface area contributed by atoms with E-state index in [1.54, 1.807) is 17.8 Å². The number of hydrogen-bond acceptors (Lipinski definition) is 5. The highest BCUT2D eigenvalue weighted by Crippen LogP contribution is 2.11. The van der Waals surface area contributed by atoms with Gasteiger partial charge in [0.1, 0.15) is 11.0 Å². The zero-order valence-electron chi connectivity index (χ0n) is 10.8.